The molecule has 0 fully saturated rings. The first-order valence-electron chi connectivity index (χ1n) is 7.09. The average molecular weight is 352 g/mol. The monoisotopic (exact) mass is 351 g/mol. The lowest BCUT2D eigenvalue weighted by molar-refractivity contribution is 0.404. The highest BCUT2D eigenvalue weighted by Crippen LogP contribution is 2.30. The zero-order valence-corrected chi connectivity index (χ0v) is 14.6. The SMILES string of the molecule is CCn1nc(C)c(Br)c1CC(N)c1ccc(C)cc1OC. The highest BCUT2D eigenvalue weighted by Gasteiger charge is 2.18. The molecule has 0 bridgehead atoms. The van der Waals surface area contributed by atoms with Crippen molar-refractivity contribution in [3.8, 4) is 5.75 Å². The van der Waals surface area contributed by atoms with Gasteiger partial charge in [0.15, 0.2) is 0 Å². The molecule has 0 amide bonds. The summed E-state index contributed by atoms with van der Waals surface area (Å²) in [7, 11) is 1.68. The number of methoxy groups -OCH3 is 1. The van der Waals surface area contributed by atoms with Gasteiger partial charge in [0.05, 0.1) is 23.0 Å². The highest BCUT2D eigenvalue weighted by atomic mass is 79.9. The van der Waals surface area contributed by atoms with Crippen LogP contribution in [0.1, 0.15) is 35.5 Å². The molecule has 0 radical (unpaired) electrons. The van der Waals surface area contributed by atoms with Crippen LogP contribution in [0.4, 0.5) is 0 Å². The molecule has 1 heterocycles. The quantitative estimate of drug-likeness (QED) is 0.896. The number of aryl methyl sites for hydroxylation is 3. The van der Waals surface area contributed by atoms with Crippen LogP contribution in [0.5, 0.6) is 5.75 Å². The van der Waals surface area contributed by atoms with Crippen molar-refractivity contribution in [2.75, 3.05) is 7.11 Å². The van der Waals surface area contributed by atoms with E-state index in [0.717, 1.165) is 33.7 Å². The number of nitrogens with zero attached hydrogens (tertiary/aromatic N) is 2. The van der Waals surface area contributed by atoms with Crippen molar-refractivity contribution in [3.05, 3.63) is 45.2 Å². The van der Waals surface area contributed by atoms with Crippen LogP contribution in [0.3, 0.4) is 0 Å². The summed E-state index contributed by atoms with van der Waals surface area (Å²) in [6.45, 7) is 6.96. The fraction of sp³-hybridized carbons (Fsp3) is 0.438. The molecule has 1 atom stereocenters. The summed E-state index contributed by atoms with van der Waals surface area (Å²) in [5.41, 5.74) is 10.7. The minimum atomic E-state index is -0.127. The van der Waals surface area contributed by atoms with Gasteiger partial charge in [-0.3, -0.25) is 4.68 Å². The molecule has 0 aliphatic carbocycles. The maximum atomic E-state index is 6.41. The molecule has 2 aromatic rings. The fourth-order valence-corrected chi connectivity index (χ4v) is 2.95. The number of halogens is 1. The maximum Gasteiger partial charge on any atom is 0.123 e. The van der Waals surface area contributed by atoms with E-state index in [1.165, 1.54) is 5.56 Å². The van der Waals surface area contributed by atoms with Gasteiger partial charge in [0.2, 0.25) is 0 Å². The second kappa shape index (κ2) is 6.62. The third-order valence-electron chi connectivity index (χ3n) is 3.65. The summed E-state index contributed by atoms with van der Waals surface area (Å²) in [6.07, 6.45) is 0.717. The van der Waals surface area contributed by atoms with E-state index in [0.29, 0.717) is 6.42 Å². The molecule has 5 heteroatoms. The van der Waals surface area contributed by atoms with Gasteiger partial charge in [0, 0.05) is 24.6 Å². The molecule has 0 aliphatic heterocycles. The summed E-state index contributed by atoms with van der Waals surface area (Å²) < 4.78 is 8.51. The normalized spacial score (nSPS) is 12.5. The standard InChI is InChI=1S/C16H22BrN3O/c1-5-20-14(16(17)11(3)19-20)9-13(18)12-7-6-10(2)8-15(12)21-4/h6-8,13H,5,9,18H2,1-4H3. The van der Waals surface area contributed by atoms with Crippen molar-refractivity contribution in [1.29, 1.82) is 0 Å². The van der Waals surface area contributed by atoms with Crippen LogP contribution in [-0.2, 0) is 13.0 Å². The summed E-state index contributed by atoms with van der Waals surface area (Å²) in [5.74, 6) is 0.845. The minimum absolute atomic E-state index is 0.127. The number of hydrogen-bond acceptors (Lipinski definition) is 3. The Kier molecular flexibility index (Phi) is 5.06. The number of rotatable bonds is 5. The van der Waals surface area contributed by atoms with Crippen molar-refractivity contribution >= 4 is 15.9 Å². The Morgan fingerprint density at radius 2 is 2.10 bits per heavy atom. The molecule has 1 aromatic heterocycles. The van der Waals surface area contributed by atoms with Gasteiger partial charge in [-0.2, -0.15) is 5.10 Å². The Hall–Kier alpha value is -1.33. The summed E-state index contributed by atoms with van der Waals surface area (Å²) in [6, 6.07) is 6.01. The van der Waals surface area contributed by atoms with E-state index in [4.69, 9.17) is 10.5 Å². The molecular formula is C16H22BrN3O. The third kappa shape index (κ3) is 3.30. The van der Waals surface area contributed by atoms with Crippen LogP contribution < -0.4 is 10.5 Å². The van der Waals surface area contributed by atoms with E-state index in [1.807, 2.05) is 30.7 Å². The van der Waals surface area contributed by atoms with Crippen LogP contribution in [0.15, 0.2) is 22.7 Å². The van der Waals surface area contributed by atoms with E-state index in [-0.39, 0.29) is 6.04 Å². The van der Waals surface area contributed by atoms with E-state index >= 15 is 0 Å². The lowest BCUT2D eigenvalue weighted by Crippen LogP contribution is -2.17. The topological polar surface area (TPSA) is 53.1 Å². The Morgan fingerprint density at radius 1 is 1.38 bits per heavy atom. The van der Waals surface area contributed by atoms with Crippen molar-refractivity contribution in [1.82, 2.24) is 9.78 Å². The molecule has 1 aromatic carbocycles. The van der Waals surface area contributed by atoms with Gasteiger partial charge in [-0.15, -0.1) is 0 Å². The van der Waals surface area contributed by atoms with Gasteiger partial charge in [-0.05, 0) is 48.3 Å². The molecule has 0 saturated carbocycles. The first-order valence-corrected chi connectivity index (χ1v) is 7.89. The average Bonchev–Trinajstić information content (AvgIpc) is 2.74. The molecule has 2 N–H and O–H groups in total. The second-order valence-electron chi connectivity index (χ2n) is 5.22. The number of hydrogen-bond donors (Lipinski definition) is 1. The first kappa shape index (κ1) is 16.0. The smallest absolute Gasteiger partial charge is 0.123 e. The number of nitrogens with two attached hydrogens (primary N) is 1. The van der Waals surface area contributed by atoms with Crippen molar-refractivity contribution < 1.29 is 4.74 Å². The third-order valence-corrected chi connectivity index (χ3v) is 4.69. The molecule has 2 rings (SSSR count). The molecule has 0 aliphatic rings. The molecule has 1 unspecified atom stereocenters. The minimum Gasteiger partial charge on any atom is -0.496 e. The largest absolute Gasteiger partial charge is 0.496 e. The molecular weight excluding hydrogens is 330 g/mol. The van der Waals surface area contributed by atoms with Crippen LogP contribution in [0, 0.1) is 13.8 Å². The van der Waals surface area contributed by atoms with Crippen molar-refractivity contribution in [2.45, 2.75) is 39.8 Å². The fourth-order valence-electron chi connectivity index (χ4n) is 2.51. The second-order valence-corrected chi connectivity index (χ2v) is 6.01. The molecule has 114 valence electrons. The Morgan fingerprint density at radius 3 is 2.71 bits per heavy atom. The Labute approximate surface area is 134 Å². The summed E-state index contributed by atoms with van der Waals surface area (Å²) in [5, 5.41) is 4.52. The number of ether oxygens (including phenoxy) is 1. The molecule has 4 nitrogen and oxygen atoms in total. The van der Waals surface area contributed by atoms with Gasteiger partial charge in [0.25, 0.3) is 0 Å². The Balaban J connectivity index is 2.32. The zero-order chi connectivity index (χ0) is 15.6. The Bertz CT molecular complexity index is 637. The van der Waals surface area contributed by atoms with Gasteiger partial charge in [-0.25, -0.2) is 0 Å². The van der Waals surface area contributed by atoms with E-state index in [2.05, 4.69) is 34.0 Å². The van der Waals surface area contributed by atoms with E-state index in [9.17, 15) is 0 Å². The van der Waals surface area contributed by atoms with Crippen LogP contribution in [0.25, 0.3) is 0 Å². The van der Waals surface area contributed by atoms with Gasteiger partial charge in [-0.1, -0.05) is 12.1 Å². The van der Waals surface area contributed by atoms with Gasteiger partial charge >= 0.3 is 0 Å². The predicted octanol–water partition coefficient (Wildman–Crippen LogP) is 3.53. The van der Waals surface area contributed by atoms with E-state index < -0.39 is 0 Å². The molecule has 21 heavy (non-hydrogen) atoms. The van der Waals surface area contributed by atoms with E-state index in [1.54, 1.807) is 7.11 Å². The molecule has 0 spiro atoms. The summed E-state index contributed by atoms with van der Waals surface area (Å²) >= 11 is 3.62. The lowest BCUT2D eigenvalue weighted by Gasteiger charge is -2.17. The predicted molar refractivity (Wildman–Crippen MR) is 88.7 cm³/mol. The van der Waals surface area contributed by atoms with Gasteiger partial charge in [0.1, 0.15) is 5.75 Å². The zero-order valence-electron chi connectivity index (χ0n) is 13.0. The molecule has 0 saturated heterocycles. The van der Waals surface area contributed by atoms with Gasteiger partial charge < -0.3 is 10.5 Å². The lowest BCUT2D eigenvalue weighted by atomic mass is 10.00. The van der Waals surface area contributed by atoms with Crippen LogP contribution >= 0.6 is 15.9 Å². The highest BCUT2D eigenvalue weighted by molar-refractivity contribution is 9.10. The summed E-state index contributed by atoms with van der Waals surface area (Å²) in [4.78, 5) is 0. The number of benzene rings is 1. The van der Waals surface area contributed by atoms with Crippen molar-refractivity contribution in [2.24, 2.45) is 5.73 Å². The van der Waals surface area contributed by atoms with Crippen molar-refractivity contribution in [3.63, 3.8) is 0 Å². The van der Waals surface area contributed by atoms with Crippen LogP contribution in [0.2, 0.25) is 0 Å². The number of aromatic nitrogens is 2. The first-order chi connectivity index (χ1) is 9.97. The maximum absolute atomic E-state index is 6.41. The van der Waals surface area contributed by atoms with Crippen LogP contribution in [-0.4, -0.2) is 16.9 Å².